The highest BCUT2D eigenvalue weighted by atomic mass is 35.5. The molecule has 1 rings (SSSR count). The summed E-state index contributed by atoms with van der Waals surface area (Å²) >= 11 is 6.04. The van der Waals surface area contributed by atoms with Gasteiger partial charge in [-0.05, 0) is 18.1 Å². The summed E-state index contributed by atoms with van der Waals surface area (Å²) in [5.41, 5.74) is -0.553. The molecule has 1 amide bonds. The zero-order valence-corrected chi connectivity index (χ0v) is 14.7. The number of esters is 1. The lowest BCUT2D eigenvalue weighted by Crippen LogP contribution is -2.39. The maximum atomic E-state index is 12.3. The molecule has 128 valence electrons. The van der Waals surface area contributed by atoms with E-state index in [9.17, 15) is 23.1 Å². The van der Waals surface area contributed by atoms with Crippen LogP contribution in [0.25, 0.3) is 0 Å². The molecule has 0 spiro atoms. The van der Waals surface area contributed by atoms with E-state index in [0.717, 1.165) is 19.4 Å². The van der Waals surface area contributed by atoms with E-state index in [0.29, 0.717) is 0 Å². The Morgan fingerprint density at radius 2 is 1.87 bits per heavy atom. The van der Waals surface area contributed by atoms with Gasteiger partial charge < -0.3 is 15.2 Å². The Balaban J connectivity index is 3.52. The highest BCUT2D eigenvalue weighted by Gasteiger charge is 2.27. The maximum absolute atomic E-state index is 12.3. The number of hydrogen-bond acceptors (Lipinski definition) is 6. The third kappa shape index (κ3) is 4.43. The van der Waals surface area contributed by atoms with Crippen LogP contribution in [0.3, 0.4) is 0 Å². The Kier molecular flexibility index (Phi) is 6.15. The van der Waals surface area contributed by atoms with E-state index in [1.165, 1.54) is 6.07 Å². The van der Waals surface area contributed by atoms with Gasteiger partial charge in [-0.2, -0.15) is 0 Å². The number of hydrogen-bond donors (Lipinski definition) is 2. The van der Waals surface area contributed by atoms with E-state index in [-0.39, 0.29) is 21.4 Å². The number of aliphatic hydroxyl groups excluding tert-OH is 1. The number of carbonyl (C=O) groups is 2. The number of amides is 1. The Labute approximate surface area is 139 Å². The first-order valence-corrected chi connectivity index (χ1v) is 8.87. The number of carbonyl (C=O) groups excluding carboxylic acids is 2. The normalized spacial score (nSPS) is 12.8. The third-order valence-corrected chi connectivity index (χ3v) is 4.58. The molecule has 7 nitrogen and oxygen atoms in total. The van der Waals surface area contributed by atoms with Crippen molar-refractivity contribution >= 4 is 33.3 Å². The molecule has 2 N–H and O–H groups in total. The molecule has 0 saturated carbocycles. The molecule has 1 atom stereocenters. The monoisotopic (exact) mass is 363 g/mol. The van der Waals surface area contributed by atoms with Crippen LogP contribution in [0.1, 0.15) is 34.6 Å². The number of ether oxygens (including phenoxy) is 1. The lowest BCUT2D eigenvalue weighted by atomic mass is 10.1. The number of sulfone groups is 1. The van der Waals surface area contributed by atoms with Gasteiger partial charge in [-0.25, -0.2) is 13.2 Å². The molecule has 9 heteroatoms. The number of benzene rings is 1. The van der Waals surface area contributed by atoms with Gasteiger partial charge in [0.2, 0.25) is 0 Å². The number of rotatable bonds is 5. The van der Waals surface area contributed by atoms with Crippen LogP contribution in [0, 0.1) is 5.92 Å². The van der Waals surface area contributed by atoms with Crippen molar-refractivity contribution < 1.29 is 27.9 Å². The van der Waals surface area contributed by atoms with Crippen molar-refractivity contribution in [3.63, 3.8) is 0 Å². The van der Waals surface area contributed by atoms with Crippen LogP contribution in [0.15, 0.2) is 17.0 Å². The van der Waals surface area contributed by atoms with Crippen LogP contribution in [-0.2, 0) is 14.6 Å². The van der Waals surface area contributed by atoms with Crippen molar-refractivity contribution in [2.24, 2.45) is 5.92 Å². The lowest BCUT2D eigenvalue weighted by molar-refractivity contribution is 0.0601. The van der Waals surface area contributed by atoms with Gasteiger partial charge in [-0.3, -0.25) is 4.79 Å². The molecule has 0 radical (unpaired) electrons. The lowest BCUT2D eigenvalue weighted by Gasteiger charge is -2.18. The second-order valence-corrected chi connectivity index (χ2v) is 7.59. The summed E-state index contributed by atoms with van der Waals surface area (Å²) < 4.78 is 28.3. The molecule has 0 aliphatic rings. The number of halogens is 1. The van der Waals surface area contributed by atoms with Crippen molar-refractivity contribution in [1.82, 2.24) is 5.32 Å². The average molecular weight is 364 g/mol. The summed E-state index contributed by atoms with van der Waals surface area (Å²) in [6.07, 6.45) is -0.292. The second-order valence-electron chi connectivity index (χ2n) is 5.23. The number of nitrogens with one attached hydrogen (secondary N) is 1. The Hall–Kier alpha value is -1.64. The smallest absolute Gasteiger partial charge is 0.339 e. The van der Waals surface area contributed by atoms with Crippen molar-refractivity contribution in [3.8, 4) is 0 Å². The van der Waals surface area contributed by atoms with Gasteiger partial charge in [0.1, 0.15) is 6.23 Å². The first-order valence-electron chi connectivity index (χ1n) is 6.60. The minimum absolute atomic E-state index is 0.147. The van der Waals surface area contributed by atoms with Crippen LogP contribution in [0.2, 0.25) is 5.02 Å². The van der Waals surface area contributed by atoms with E-state index in [2.05, 4.69) is 10.1 Å². The first-order chi connectivity index (χ1) is 10.5. The van der Waals surface area contributed by atoms with E-state index in [1.54, 1.807) is 13.8 Å². The first kappa shape index (κ1) is 19.4. The molecular weight excluding hydrogens is 346 g/mol. The van der Waals surface area contributed by atoms with Crippen molar-refractivity contribution in [2.45, 2.75) is 25.0 Å². The minimum atomic E-state index is -3.79. The molecule has 0 saturated heterocycles. The largest absolute Gasteiger partial charge is 0.465 e. The molecule has 23 heavy (non-hydrogen) atoms. The average Bonchev–Trinajstić information content (AvgIpc) is 2.44. The van der Waals surface area contributed by atoms with Crippen LogP contribution >= 0.6 is 11.6 Å². The molecule has 0 heterocycles. The van der Waals surface area contributed by atoms with E-state index in [4.69, 9.17) is 11.6 Å². The Morgan fingerprint density at radius 3 is 2.30 bits per heavy atom. The molecule has 0 aliphatic carbocycles. The third-order valence-electron chi connectivity index (χ3n) is 3.05. The minimum Gasteiger partial charge on any atom is -0.465 e. The predicted molar refractivity (Wildman–Crippen MR) is 84.2 cm³/mol. The number of aliphatic hydroxyl groups is 1. The van der Waals surface area contributed by atoms with E-state index < -0.39 is 33.5 Å². The predicted octanol–water partition coefficient (Wildman–Crippen LogP) is 1.23. The van der Waals surface area contributed by atoms with Gasteiger partial charge in [0.05, 0.1) is 28.2 Å². The van der Waals surface area contributed by atoms with Crippen molar-refractivity contribution in [3.05, 3.63) is 28.3 Å². The van der Waals surface area contributed by atoms with E-state index in [1.807, 2.05) is 0 Å². The highest BCUT2D eigenvalue weighted by molar-refractivity contribution is 7.90. The molecule has 0 fully saturated rings. The summed E-state index contributed by atoms with van der Waals surface area (Å²) in [4.78, 5) is 23.7. The topological polar surface area (TPSA) is 110 Å². The SMILES string of the molecule is COC(=O)c1ccc(S(C)(=O)=O)c(C(=O)NC(O)C(C)C)c1Cl. The quantitative estimate of drug-likeness (QED) is 0.601. The second kappa shape index (κ2) is 7.29. The number of methoxy groups -OCH3 is 1. The Bertz CT molecular complexity index is 729. The van der Waals surface area contributed by atoms with Crippen molar-refractivity contribution in [2.75, 3.05) is 13.4 Å². The van der Waals surface area contributed by atoms with E-state index >= 15 is 0 Å². The zero-order valence-electron chi connectivity index (χ0n) is 13.1. The van der Waals surface area contributed by atoms with Gasteiger partial charge >= 0.3 is 5.97 Å². The van der Waals surface area contributed by atoms with Crippen LogP contribution in [-0.4, -0.2) is 45.0 Å². The summed E-state index contributed by atoms with van der Waals surface area (Å²) in [6, 6.07) is 2.27. The van der Waals surface area contributed by atoms with Gasteiger partial charge in [-0.1, -0.05) is 25.4 Å². The van der Waals surface area contributed by atoms with Crippen LogP contribution in [0.5, 0.6) is 0 Å². The standard InChI is InChI=1S/C14H18ClNO6S/c1-7(2)12(17)16-13(18)10-9(23(4,20)21)6-5-8(11(10)15)14(19)22-3/h5-7,12,17H,1-4H3,(H,16,18). The molecule has 1 aromatic rings. The van der Waals surface area contributed by atoms with Gasteiger partial charge in [-0.15, -0.1) is 0 Å². The molecule has 0 bridgehead atoms. The van der Waals surface area contributed by atoms with Crippen molar-refractivity contribution in [1.29, 1.82) is 0 Å². The molecule has 1 unspecified atom stereocenters. The Morgan fingerprint density at radius 1 is 1.30 bits per heavy atom. The fourth-order valence-corrected chi connectivity index (χ4v) is 2.98. The zero-order chi connectivity index (χ0) is 17.9. The summed E-state index contributed by atoms with van der Waals surface area (Å²) in [7, 11) is -2.65. The summed E-state index contributed by atoms with van der Waals surface area (Å²) in [5, 5.41) is 11.6. The van der Waals surface area contributed by atoms with Crippen LogP contribution in [0.4, 0.5) is 0 Å². The molecule has 0 aromatic heterocycles. The molecular formula is C14H18ClNO6S. The summed E-state index contributed by atoms with van der Waals surface area (Å²) in [5.74, 6) is -2.01. The maximum Gasteiger partial charge on any atom is 0.339 e. The fraction of sp³-hybridized carbons (Fsp3) is 0.429. The van der Waals surface area contributed by atoms with Gasteiger partial charge in [0.15, 0.2) is 9.84 Å². The summed E-state index contributed by atoms with van der Waals surface area (Å²) in [6.45, 7) is 3.32. The van der Waals surface area contributed by atoms with Gasteiger partial charge in [0.25, 0.3) is 5.91 Å². The molecule has 0 aliphatic heterocycles. The molecule has 1 aromatic carbocycles. The van der Waals surface area contributed by atoms with Crippen LogP contribution < -0.4 is 5.32 Å². The van der Waals surface area contributed by atoms with Gasteiger partial charge in [0, 0.05) is 6.26 Å². The highest BCUT2D eigenvalue weighted by Crippen LogP contribution is 2.28. The fourth-order valence-electron chi connectivity index (χ4n) is 1.72.